The maximum atomic E-state index is 12.6. The second-order valence-corrected chi connectivity index (χ2v) is 10.5. The number of ether oxygens (including phenoxy) is 1. The number of anilines is 1. The van der Waals surface area contributed by atoms with Gasteiger partial charge in [-0.1, -0.05) is 17.7 Å². The summed E-state index contributed by atoms with van der Waals surface area (Å²) >= 11 is 6.14. The van der Waals surface area contributed by atoms with Crippen molar-refractivity contribution in [2.24, 2.45) is 5.14 Å². The van der Waals surface area contributed by atoms with Crippen molar-refractivity contribution < 1.29 is 44.3 Å². The summed E-state index contributed by atoms with van der Waals surface area (Å²) in [5, 5.41) is 4.94. The number of halogens is 7. The molecule has 1 amide bonds. The molecular formula is C20H27ClF6N4O4S. The first kappa shape index (κ1) is 30.3. The van der Waals surface area contributed by atoms with Crippen LogP contribution in [0.2, 0.25) is 5.02 Å². The third-order valence-electron chi connectivity index (χ3n) is 5.33. The van der Waals surface area contributed by atoms with Gasteiger partial charge in [-0.3, -0.25) is 4.90 Å². The fourth-order valence-electron chi connectivity index (χ4n) is 3.75. The lowest BCUT2D eigenvalue weighted by molar-refractivity contribution is -0.308. The second kappa shape index (κ2) is 12.0. The van der Waals surface area contributed by atoms with Crippen LogP contribution in [0.5, 0.6) is 0 Å². The number of hydrogen-bond acceptors (Lipinski definition) is 6. The predicted octanol–water partition coefficient (Wildman–Crippen LogP) is 3.59. The number of hydrogen-bond donors (Lipinski definition) is 1. The van der Waals surface area contributed by atoms with Crippen molar-refractivity contribution in [3.63, 3.8) is 0 Å². The quantitative estimate of drug-likeness (QED) is 0.558. The molecule has 1 aromatic rings. The molecule has 2 saturated heterocycles. The highest BCUT2D eigenvalue weighted by Gasteiger charge is 2.60. The first-order chi connectivity index (χ1) is 16.4. The van der Waals surface area contributed by atoms with Crippen LogP contribution in [0.15, 0.2) is 18.2 Å². The van der Waals surface area contributed by atoms with E-state index in [2.05, 4.69) is 14.8 Å². The predicted molar refractivity (Wildman–Crippen MR) is 121 cm³/mol. The molecule has 1 aromatic carbocycles. The number of carbonyl (C=O) groups is 1. The molecule has 2 aliphatic rings. The van der Waals surface area contributed by atoms with Crippen LogP contribution in [0.25, 0.3) is 0 Å². The zero-order chi connectivity index (χ0) is 27.3. The molecule has 36 heavy (non-hydrogen) atoms. The number of nitrogens with two attached hydrogens (primary N) is 1. The van der Waals surface area contributed by atoms with E-state index in [1.807, 2.05) is 17.0 Å². The molecule has 8 nitrogen and oxygen atoms in total. The molecule has 0 spiro atoms. The van der Waals surface area contributed by atoms with Gasteiger partial charge < -0.3 is 14.5 Å². The number of amides is 1. The normalized spacial score (nSPS) is 17.7. The van der Waals surface area contributed by atoms with E-state index in [9.17, 15) is 39.6 Å². The summed E-state index contributed by atoms with van der Waals surface area (Å²) in [6.45, 7) is 2.89. The highest BCUT2D eigenvalue weighted by atomic mass is 35.5. The molecule has 0 atom stereocenters. The standard InChI is InChI=1S/C19H22ClF6N3O2.CH5NO2S/c20-14-4-3-13(15(11-14)28-5-1-2-6-28)12-27-7-9-29(10-8-27)17(30)31-16(18(21,22)23)19(24,25)26;1-5(2,3)4/h3-4,11,16H,1-2,5-10,12H2;1H3,(H2,2,3,4). The zero-order valence-electron chi connectivity index (χ0n) is 19.3. The number of benzene rings is 1. The van der Waals surface area contributed by atoms with Crippen molar-refractivity contribution >= 4 is 33.4 Å². The SMILES string of the molecule is CS(N)(=O)=O.O=C(OC(C(F)(F)F)C(F)(F)F)N1CCN(Cc2ccc(Cl)cc2N2CCCC2)CC1. The van der Waals surface area contributed by atoms with Crippen LogP contribution in [0.1, 0.15) is 18.4 Å². The number of nitrogens with zero attached hydrogens (tertiary/aromatic N) is 3. The minimum atomic E-state index is -5.73. The molecule has 2 N–H and O–H groups in total. The first-order valence-electron chi connectivity index (χ1n) is 10.8. The number of primary sulfonamides is 1. The maximum absolute atomic E-state index is 12.6. The Kier molecular flexibility index (Phi) is 10.1. The van der Waals surface area contributed by atoms with Gasteiger partial charge in [0.25, 0.3) is 6.10 Å². The minimum absolute atomic E-state index is 0.0338. The molecule has 0 aliphatic carbocycles. The number of carbonyl (C=O) groups excluding carboxylic acids is 1. The third kappa shape index (κ3) is 9.82. The Labute approximate surface area is 209 Å². The zero-order valence-corrected chi connectivity index (χ0v) is 20.9. The minimum Gasteiger partial charge on any atom is -0.426 e. The molecule has 2 heterocycles. The van der Waals surface area contributed by atoms with E-state index in [-0.39, 0.29) is 13.1 Å². The van der Waals surface area contributed by atoms with E-state index in [1.54, 1.807) is 6.07 Å². The summed E-state index contributed by atoms with van der Waals surface area (Å²) in [5.41, 5.74) is 2.04. The van der Waals surface area contributed by atoms with Gasteiger partial charge >= 0.3 is 18.4 Å². The van der Waals surface area contributed by atoms with E-state index >= 15 is 0 Å². The summed E-state index contributed by atoms with van der Waals surface area (Å²) in [6, 6.07) is 5.58. The lowest BCUT2D eigenvalue weighted by atomic mass is 10.1. The Bertz CT molecular complexity index is 973. The van der Waals surface area contributed by atoms with Crippen molar-refractivity contribution in [3.8, 4) is 0 Å². The van der Waals surface area contributed by atoms with Crippen LogP contribution in [-0.2, 0) is 21.3 Å². The topological polar surface area (TPSA) is 96.2 Å². The monoisotopic (exact) mass is 568 g/mol. The van der Waals surface area contributed by atoms with Crippen molar-refractivity contribution in [2.45, 2.75) is 37.8 Å². The molecule has 2 fully saturated rings. The number of rotatable bonds is 4. The molecular weight excluding hydrogens is 542 g/mol. The van der Waals surface area contributed by atoms with Crippen LogP contribution in [0, 0.1) is 0 Å². The third-order valence-corrected chi connectivity index (χ3v) is 5.57. The number of sulfonamides is 1. The molecule has 16 heteroatoms. The smallest absolute Gasteiger partial charge is 0.426 e. The Hall–Kier alpha value is -1.97. The Balaban J connectivity index is 0.000000830. The molecule has 0 aromatic heterocycles. The molecule has 0 radical (unpaired) electrons. The van der Waals surface area contributed by atoms with Gasteiger partial charge in [-0.2, -0.15) is 26.3 Å². The summed E-state index contributed by atoms with van der Waals surface area (Å²) in [6.07, 6.45) is -14.1. The molecule has 206 valence electrons. The molecule has 0 unspecified atom stereocenters. The van der Waals surface area contributed by atoms with Gasteiger partial charge in [0.1, 0.15) is 0 Å². The Morgan fingerprint density at radius 1 is 1.03 bits per heavy atom. The van der Waals surface area contributed by atoms with E-state index in [4.69, 9.17) is 11.6 Å². The summed E-state index contributed by atoms with van der Waals surface area (Å²) in [5.74, 6) is 0. The highest BCUT2D eigenvalue weighted by molar-refractivity contribution is 7.88. The van der Waals surface area contributed by atoms with Gasteiger partial charge in [-0.15, -0.1) is 0 Å². The summed E-state index contributed by atoms with van der Waals surface area (Å²) in [4.78, 5) is 17.0. The van der Waals surface area contributed by atoms with Crippen molar-refractivity contribution in [1.82, 2.24) is 9.80 Å². The van der Waals surface area contributed by atoms with Gasteiger partial charge in [0.15, 0.2) is 0 Å². The summed E-state index contributed by atoms with van der Waals surface area (Å²) < 4.78 is 98.2. The van der Waals surface area contributed by atoms with Crippen LogP contribution in [-0.4, -0.2) is 88.3 Å². The van der Waals surface area contributed by atoms with Crippen LogP contribution in [0.4, 0.5) is 36.8 Å². The van der Waals surface area contributed by atoms with E-state index in [0.717, 1.165) is 48.3 Å². The largest absolute Gasteiger partial charge is 0.434 e. The van der Waals surface area contributed by atoms with Crippen LogP contribution in [0.3, 0.4) is 0 Å². The highest BCUT2D eigenvalue weighted by Crippen LogP contribution is 2.36. The van der Waals surface area contributed by atoms with Gasteiger partial charge in [0.2, 0.25) is 10.0 Å². The average molecular weight is 569 g/mol. The van der Waals surface area contributed by atoms with Gasteiger partial charge in [0, 0.05) is 56.5 Å². The molecule has 0 saturated carbocycles. The second-order valence-electron chi connectivity index (χ2n) is 8.41. The van der Waals surface area contributed by atoms with Crippen molar-refractivity contribution in [1.29, 1.82) is 0 Å². The lowest BCUT2D eigenvalue weighted by Gasteiger charge is -2.36. The van der Waals surface area contributed by atoms with Gasteiger partial charge in [0.05, 0.1) is 6.26 Å². The summed E-state index contributed by atoms with van der Waals surface area (Å²) in [7, 11) is -3.17. The van der Waals surface area contributed by atoms with Gasteiger partial charge in [-0.05, 0) is 30.5 Å². The molecule has 2 aliphatic heterocycles. The van der Waals surface area contributed by atoms with Crippen molar-refractivity contribution in [2.75, 3.05) is 50.4 Å². The fourth-order valence-corrected chi connectivity index (χ4v) is 3.91. The van der Waals surface area contributed by atoms with Crippen LogP contribution < -0.4 is 10.0 Å². The number of alkyl halides is 6. The average Bonchev–Trinajstić information content (AvgIpc) is 3.25. The Morgan fingerprint density at radius 2 is 1.53 bits per heavy atom. The van der Waals surface area contributed by atoms with Gasteiger partial charge in [-0.25, -0.2) is 18.4 Å². The molecule has 0 bridgehead atoms. The number of piperazine rings is 1. The first-order valence-corrected chi connectivity index (χ1v) is 13.1. The van der Waals surface area contributed by atoms with Crippen molar-refractivity contribution in [3.05, 3.63) is 28.8 Å². The van der Waals surface area contributed by atoms with Crippen LogP contribution >= 0.6 is 11.6 Å². The van der Waals surface area contributed by atoms with E-state index < -0.39 is 34.6 Å². The molecule has 3 rings (SSSR count). The fraction of sp³-hybridized carbons (Fsp3) is 0.650. The maximum Gasteiger partial charge on any atom is 0.434 e. The van der Waals surface area contributed by atoms with E-state index in [1.165, 1.54) is 0 Å². The van der Waals surface area contributed by atoms with E-state index in [0.29, 0.717) is 24.7 Å². The lowest BCUT2D eigenvalue weighted by Crippen LogP contribution is -2.52. The Morgan fingerprint density at radius 3 is 2.00 bits per heavy atom.